The lowest BCUT2D eigenvalue weighted by atomic mass is 10.2. The van der Waals surface area contributed by atoms with Gasteiger partial charge in [0.05, 0.1) is 16.8 Å². The molecule has 0 aliphatic heterocycles. The number of aromatic nitrogens is 3. The Hall–Kier alpha value is -3.12. The van der Waals surface area contributed by atoms with Crippen molar-refractivity contribution < 1.29 is 4.79 Å². The maximum absolute atomic E-state index is 12.2. The standard InChI is InChI=1S/C20H16N4OS/c25-20(13-26-17-8-10-21-11-9-17)23-15-6-7-19-18(12-15)22-14-24(19)16-4-2-1-3-5-16/h1-12,14H,13H2,(H,23,25). The first-order chi connectivity index (χ1) is 12.8. The average Bonchev–Trinajstić information content (AvgIpc) is 3.11. The normalized spacial score (nSPS) is 10.8. The fourth-order valence-corrected chi connectivity index (χ4v) is 3.35. The summed E-state index contributed by atoms with van der Waals surface area (Å²) in [7, 11) is 0. The Morgan fingerprint density at radius 3 is 2.65 bits per heavy atom. The van der Waals surface area contributed by atoms with Crippen LogP contribution in [0.4, 0.5) is 5.69 Å². The van der Waals surface area contributed by atoms with Crippen molar-refractivity contribution in [2.24, 2.45) is 0 Å². The molecule has 0 aliphatic rings. The number of fused-ring (bicyclic) bond motifs is 1. The minimum absolute atomic E-state index is 0.0475. The molecule has 0 spiro atoms. The van der Waals surface area contributed by atoms with E-state index in [0.717, 1.165) is 27.3 Å². The molecule has 0 aliphatic carbocycles. The number of pyridine rings is 1. The fourth-order valence-electron chi connectivity index (χ4n) is 2.67. The van der Waals surface area contributed by atoms with Gasteiger partial charge in [-0.3, -0.25) is 14.3 Å². The van der Waals surface area contributed by atoms with E-state index in [1.54, 1.807) is 18.7 Å². The van der Waals surface area contributed by atoms with Gasteiger partial charge in [-0.15, -0.1) is 11.8 Å². The molecule has 1 amide bonds. The summed E-state index contributed by atoms with van der Waals surface area (Å²) in [5.74, 6) is 0.300. The summed E-state index contributed by atoms with van der Waals surface area (Å²) in [6.07, 6.45) is 5.24. The van der Waals surface area contributed by atoms with Gasteiger partial charge in [0.15, 0.2) is 0 Å². The number of rotatable bonds is 5. The Labute approximate surface area is 155 Å². The van der Waals surface area contributed by atoms with Crippen molar-refractivity contribution in [3.05, 3.63) is 79.4 Å². The van der Waals surface area contributed by atoms with Crippen molar-refractivity contribution in [2.75, 3.05) is 11.1 Å². The average molecular weight is 360 g/mol. The molecule has 2 heterocycles. The fraction of sp³-hybridized carbons (Fsp3) is 0.0500. The first-order valence-corrected chi connectivity index (χ1v) is 9.13. The van der Waals surface area contributed by atoms with Gasteiger partial charge in [0.2, 0.25) is 5.91 Å². The molecule has 0 bridgehead atoms. The van der Waals surface area contributed by atoms with Crippen molar-refractivity contribution in [2.45, 2.75) is 4.90 Å². The van der Waals surface area contributed by atoms with Gasteiger partial charge in [-0.2, -0.15) is 0 Å². The van der Waals surface area contributed by atoms with E-state index < -0.39 is 0 Å². The molecule has 4 aromatic rings. The van der Waals surface area contributed by atoms with E-state index >= 15 is 0 Å². The third-order valence-corrected chi connectivity index (χ3v) is 4.90. The summed E-state index contributed by atoms with van der Waals surface area (Å²) in [5, 5.41) is 2.93. The van der Waals surface area contributed by atoms with Gasteiger partial charge < -0.3 is 5.32 Å². The van der Waals surface area contributed by atoms with Crippen molar-refractivity contribution in [1.82, 2.24) is 14.5 Å². The Balaban J connectivity index is 1.47. The second-order valence-electron chi connectivity index (χ2n) is 5.67. The summed E-state index contributed by atoms with van der Waals surface area (Å²) in [6, 6.07) is 19.6. The number of hydrogen-bond acceptors (Lipinski definition) is 4. The first-order valence-electron chi connectivity index (χ1n) is 8.15. The highest BCUT2D eigenvalue weighted by Gasteiger charge is 2.08. The van der Waals surface area contributed by atoms with Crippen LogP contribution in [0.3, 0.4) is 0 Å². The number of para-hydroxylation sites is 1. The molecule has 1 N–H and O–H groups in total. The van der Waals surface area contributed by atoms with E-state index in [4.69, 9.17) is 0 Å². The van der Waals surface area contributed by atoms with Crippen LogP contribution in [-0.4, -0.2) is 26.2 Å². The molecular formula is C20H16N4OS. The van der Waals surface area contributed by atoms with Gasteiger partial charge in [0, 0.05) is 28.7 Å². The van der Waals surface area contributed by atoms with Crippen LogP contribution in [0, 0.1) is 0 Å². The smallest absolute Gasteiger partial charge is 0.234 e. The number of anilines is 1. The van der Waals surface area contributed by atoms with Crippen molar-refractivity contribution in [3.63, 3.8) is 0 Å². The van der Waals surface area contributed by atoms with Crippen LogP contribution in [-0.2, 0) is 4.79 Å². The molecule has 0 saturated heterocycles. The summed E-state index contributed by atoms with van der Waals surface area (Å²) < 4.78 is 2.03. The van der Waals surface area contributed by atoms with E-state index in [2.05, 4.69) is 15.3 Å². The van der Waals surface area contributed by atoms with E-state index in [9.17, 15) is 4.79 Å². The summed E-state index contributed by atoms with van der Waals surface area (Å²) in [6.45, 7) is 0. The van der Waals surface area contributed by atoms with Gasteiger partial charge in [0.1, 0.15) is 6.33 Å². The van der Waals surface area contributed by atoms with Crippen LogP contribution in [0.5, 0.6) is 0 Å². The molecule has 2 aromatic heterocycles. The summed E-state index contributed by atoms with van der Waals surface area (Å²) in [5.41, 5.74) is 3.64. The van der Waals surface area contributed by atoms with Crippen molar-refractivity contribution in [1.29, 1.82) is 0 Å². The lowest BCUT2D eigenvalue weighted by molar-refractivity contribution is -0.113. The summed E-state index contributed by atoms with van der Waals surface area (Å²) >= 11 is 1.48. The Bertz CT molecular complexity index is 1030. The van der Waals surface area contributed by atoms with Gasteiger partial charge in [0.25, 0.3) is 0 Å². The number of carbonyl (C=O) groups excluding carboxylic acids is 1. The third-order valence-electron chi connectivity index (χ3n) is 3.89. The first kappa shape index (κ1) is 16.4. The number of thioether (sulfide) groups is 1. The van der Waals surface area contributed by atoms with Crippen LogP contribution in [0.1, 0.15) is 0 Å². The quantitative estimate of drug-likeness (QED) is 0.543. The maximum atomic E-state index is 12.2. The minimum atomic E-state index is -0.0475. The molecule has 26 heavy (non-hydrogen) atoms. The van der Waals surface area contributed by atoms with Crippen LogP contribution in [0.15, 0.2) is 84.3 Å². The van der Waals surface area contributed by atoms with Gasteiger partial charge in [-0.25, -0.2) is 4.98 Å². The zero-order chi connectivity index (χ0) is 17.8. The molecule has 128 valence electrons. The lowest BCUT2D eigenvalue weighted by Crippen LogP contribution is -2.13. The SMILES string of the molecule is O=C(CSc1ccncc1)Nc1ccc2c(c1)ncn2-c1ccccc1. The van der Waals surface area contributed by atoms with Crippen molar-refractivity contribution >= 4 is 34.4 Å². The second kappa shape index (κ2) is 7.41. The topological polar surface area (TPSA) is 59.8 Å². The second-order valence-corrected chi connectivity index (χ2v) is 6.72. The van der Waals surface area contributed by atoms with Crippen LogP contribution >= 0.6 is 11.8 Å². The van der Waals surface area contributed by atoms with E-state index in [1.165, 1.54) is 11.8 Å². The number of amides is 1. The monoisotopic (exact) mass is 360 g/mol. The predicted molar refractivity (Wildman–Crippen MR) is 105 cm³/mol. The van der Waals surface area contributed by atoms with Crippen LogP contribution in [0.2, 0.25) is 0 Å². The molecule has 6 heteroatoms. The molecule has 0 saturated carbocycles. The molecule has 0 fully saturated rings. The van der Waals surface area contributed by atoms with Crippen molar-refractivity contribution in [3.8, 4) is 5.69 Å². The largest absolute Gasteiger partial charge is 0.325 e. The molecule has 4 rings (SSSR count). The number of nitrogens with zero attached hydrogens (tertiary/aromatic N) is 3. The van der Waals surface area contributed by atoms with Gasteiger partial charge >= 0.3 is 0 Å². The zero-order valence-corrected chi connectivity index (χ0v) is 14.7. The van der Waals surface area contributed by atoms with Gasteiger partial charge in [-0.05, 0) is 42.5 Å². The van der Waals surface area contributed by atoms with E-state index in [1.807, 2.05) is 65.2 Å². The zero-order valence-electron chi connectivity index (χ0n) is 13.9. The highest BCUT2D eigenvalue weighted by atomic mass is 32.2. The maximum Gasteiger partial charge on any atom is 0.234 e. The molecule has 0 unspecified atom stereocenters. The number of imidazole rings is 1. The highest BCUT2D eigenvalue weighted by Crippen LogP contribution is 2.22. The summed E-state index contributed by atoms with van der Waals surface area (Å²) in [4.78, 5) is 21.6. The lowest BCUT2D eigenvalue weighted by Gasteiger charge is -2.07. The molecule has 0 radical (unpaired) electrons. The number of benzene rings is 2. The highest BCUT2D eigenvalue weighted by molar-refractivity contribution is 8.00. The molecular weight excluding hydrogens is 344 g/mol. The number of hydrogen-bond donors (Lipinski definition) is 1. The van der Waals surface area contributed by atoms with E-state index in [0.29, 0.717) is 5.75 Å². The van der Waals surface area contributed by atoms with Gasteiger partial charge in [-0.1, -0.05) is 18.2 Å². The predicted octanol–water partition coefficient (Wildman–Crippen LogP) is 4.15. The molecule has 2 aromatic carbocycles. The number of carbonyl (C=O) groups is 1. The Kier molecular flexibility index (Phi) is 4.66. The van der Waals surface area contributed by atoms with E-state index in [-0.39, 0.29) is 5.91 Å². The Morgan fingerprint density at radius 2 is 1.85 bits per heavy atom. The third kappa shape index (κ3) is 3.60. The molecule has 0 atom stereocenters. The van der Waals surface area contributed by atoms with Crippen LogP contribution < -0.4 is 5.32 Å². The minimum Gasteiger partial charge on any atom is -0.325 e. The number of nitrogens with one attached hydrogen (secondary N) is 1. The Morgan fingerprint density at radius 1 is 1.04 bits per heavy atom. The molecule has 5 nitrogen and oxygen atoms in total. The van der Waals surface area contributed by atoms with Crippen LogP contribution in [0.25, 0.3) is 16.7 Å².